The molecule has 8 heteroatoms. The van der Waals surface area contributed by atoms with Crippen molar-refractivity contribution in [3.05, 3.63) is 64.3 Å². The lowest BCUT2D eigenvalue weighted by Crippen LogP contribution is -2.34. The minimum absolute atomic E-state index is 0.211. The summed E-state index contributed by atoms with van der Waals surface area (Å²) in [5, 5.41) is 4.72. The van der Waals surface area contributed by atoms with Crippen LogP contribution in [0.4, 0.5) is 0 Å². The average molecular weight is 369 g/mol. The van der Waals surface area contributed by atoms with E-state index in [2.05, 4.69) is 10.3 Å². The maximum atomic E-state index is 12.5. The predicted molar refractivity (Wildman–Crippen MR) is 96.8 cm³/mol. The minimum atomic E-state index is -0.713. The number of hydrogen-bond donors (Lipinski definition) is 1. The number of carbonyl (C=O) groups is 1. The van der Waals surface area contributed by atoms with E-state index in [1.54, 1.807) is 31.2 Å². The van der Waals surface area contributed by atoms with Crippen LogP contribution in [0.3, 0.4) is 0 Å². The normalized spacial score (nSPS) is 12.3. The molecule has 0 bridgehead atoms. The van der Waals surface area contributed by atoms with Crippen molar-refractivity contribution in [2.45, 2.75) is 19.5 Å². The van der Waals surface area contributed by atoms with E-state index in [0.717, 1.165) is 4.88 Å². The van der Waals surface area contributed by atoms with Gasteiger partial charge in [0.25, 0.3) is 0 Å². The van der Waals surface area contributed by atoms with Gasteiger partial charge in [-0.05, 0) is 30.5 Å². The van der Waals surface area contributed by atoms with Crippen LogP contribution < -0.4 is 11.1 Å². The fraction of sp³-hybridized carbons (Fsp3) is 0.167. The van der Waals surface area contributed by atoms with Crippen LogP contribution in [0, 0.1) is 0 Å². The maximum absolute atomic E-state index is 12.5. The molecule has 0 radical (unpaired) electrons. The maximum Gasteiger partial charge on any atom is 0.420 e. The molecule has 1 unspecified atom stereocenters. The van der Waals surface area contributed by atoms with Gasteiger partial charge in [0, 0.05) is 0 Å². The van der Waals surface area contributed by atoms with Gasteiger partial charge in [-0.25, -0.2) is 9.78 Å². The summed E-state index contributed by atoms with van der Waals surface area (Å²) in [7, 11) is 0. The summed E-state index contributed by atoms with van der Waals surface area (Å²) in [5.41, 5.74) is 1.65. The van der Waals surface area contributed by atoms with Crippen molar-refractivity contribution in [3.8, 4) is 10.8 Å². The SMILES string of the molecule is CC(C(=O)NCc1coc(-c2cccs2)n1)n1c(=O)oc2ccccc21. The highest BCUT2D eigenvalue weighted by atomic mass is 32.1. The Morgan fingerprint density at radius 2 is 2.15 bits per heavy atom. The van der Waals surface area contributed by atoms with E-state index in [1.165, 1.54) is 22.2 Å². The van der Waals surface area contributed by atoms with Crippen molar-refractivity contribution in [2.75, 3.05) is 0 Å². The zero-order chi connectivity index (χ0) is 18.1. The minimum Gasteiger partial charge on any atom is -0.443 e. The molecular weight excluding hydrogens is 354 g/mol. The van der Waals surface area contributed by atoms with Crippen molar-refractivity contribution in [1.82, 2.24) is 14.9 Å². The number of para-hydroxylation sites is 2. The van der Waals surface area contributed by atoms with Crippen LogP contribution in [0.1, 0.15) is 18.7 Å². The fourth-order valence-corrected chi connectivity index (χ4v) is 3.35. The van der Waals surface area contributed by atoms with Gasteiger partial charge in [-0.15, -0.1) is 11.3 Å². The number of hydrogen-bond acceptors (Lipinski definition) is 6. The van der Waals surface area contributed by atoms with E-state index in [9.17, 15) is 9.59 Å². The molecule has 1 amide bonds. The van der Waals surface area contributed by atoms with Crippen molar-refractivity contribution >= 4 is 28.3 Å². The Kier molecular flexibility index (Phi) is 4.18. The lowest BCUT2D eigenvalue weighted by atomic mass is 10.2. The highest BCUT2D eigenvalue weighted by molar-refractivity contribution is 7.13. The molecule has 0 aliphatic rings. The monoisotopic (exact) mass is 369 g/mol. The smallest absolute Gasteiger partial charge is 0.420 e. The van der Waals surface area contributed by atoms with Crippen molar-refractivity contribution < 1.29 is 13.6 Å². The van der Waals surface area contributed by atoms with E-state index < -0.39 is 11.8 Å². The molecule has 0 fully saturated rings. The fourth-order valence-electron chi connectivity index (χ4n) is 2.70. The number of nitrogens with zero attached hydrogens (tertiary/aromatic N) is 2. The molecular formula is C18H15N3O4S. The molecule has 1 atom stereocenters. The zero-order valence-corrected chi connectivity index (χ0v) is 14.7. The molecule has 7 nitrogen and oxygen atoms in total. The third-order valence-electron chi connectivity index (χ3n) is 4.01. The summed E-state index contributed by atoms with van der Waals surface area (Å²) in [5.74, 6) is -0.344. The second kappa shape index (κ2) is 6.64. The van der Waals surface area contributed by atoms with Crippen molar-refractivity contribution in [3.63, 3.8) is 0 Å². The Bertz CT molecular complexity index is 1110. The number of benzene rings is 1. The van der Waals surface area contributed by atoms with E-state index >= 15 is 0 Å². The van der Waals surface area contributed by atoms with Gasteiger partial charge in [0.2, 0.25) is 11.8 Å². The van der Waals surface area contributed by atoms with Crippen LogP contribution in [-0.4, -0.2) is 15.5 Å². The largest absolute Gasteiger partial charge is 0.443 e. The molecule has 3 heterocycles. The van der Waals surface area contributed by atoms with Crippen LogP contribution in [0.25, 0.3) is 21.9 Å². The number of nitrogens with one attached hydrogen (secondary N) is 1. The third kappa shape index (κ3) is 2.95. The number of rotatable bonds is 5. The molecule has 0 aliphatic carbocycles. The van der Waals surface area contributed by atoms with E-state index in [0.29, 0.717) is 22.7 Å². The van der Waals surface area contributed by atoms with Gasteiger partial charge in [0.1, 0.15) is 12.3 Å². The first-order chi connectivity index (χ1) is 12.6. The van der Waals surface area contributed by atoms with Gasteiger partial charge in [0.05, 0.1) is 22.6 Å². The molecule has 4 rings (SSSR count). The Balaban J connectivity index is 1.48. The van der Waals surface area contributed by atoms with Crippen molar-refractivity contribution in [1.29, 1.82) is 0 Å². The number of oxazole rings is 2. The van der Waals surface area contributed by atoms with Gasteiger partial charge >= 0.3 is 5.76 Å². The van der Waals surface area contributed by atoms with Gasteiger partial charge in [-0.3, -0.25) is 9.36 Å². The average Bonchev–Trinajstić information content (AvgIpc) is 3.37. The van der Waals surface area contributed by atoms with Crippen LogP contribution in [-0.2, 0) is 11.3 Å². The summed E-state index contributed by atoms with van der Waals surface area (Å²) in [4.78, 5) is 29.8. The summed E-state index contributed by atoms with van der Waals surface area (Å²) >= 11 is 1.53. The highest BCUT2D eigenvalue weighted by Crippen LogP contribution is 2.23. The predicted octanol–water partition coefficient (Wildman–Crippen LogP) is 3.19. The van der Waals surface area contributed by atoms with E-state index in [-0.39, 0.29) is 12.5 Å². The molecule has 3 aromatic heterocycles. The quantitative estimate of drug-likeness (QED) is 0.583. The van der Waals surface area contributed by atoms with Crippen LogP contribution in [0.5, 0.6) is 0 Å². The lowest BCUT2D eigenvalue weighted by Gasteiger charge is -2.12. The van der Waals surface area contributed by atoms with Gasteiger partial charge in [-0.2, -0.15) is 0 Å². The molecule has 0 saturated carbocycles. The zero-order valence-electron chi connectivity index (χ0n) is 13.8. The summed E-state index contributed by atoms with van der Waals surface area (Å²) in [6, 6.07) is 10.1. The summed E-state index contributed by atoms with van der Waals surface area (Å²) < 4.78 is 11.9. The number of aromatic nitrogens is 2. The summed E-state index contributed by atoms with van der Waals surface area (Å²) in [6.45, 7) is 1.86. The molecule has 0 aliphatic heterocycles. The first kappa shape index (κ1) is 16.3. The molecule has 1 N–H and O–H groups in total. The van der Waals surface area contributed by atoms with E-state index in [4.69, 9.17) is 8.83 Å². The van der Waals surface area contributed by atoms with Crippen molar-refractivity contribution in [2.24, 2.45) is 0 Å². The number of amides is 1. The Labute approximate surface area is 151 Å². The molecule has 1 aromatic carbocycles. The van der Waals surface area contributed by atoms with Crippen LogP contribution in [0.2, 0.25) is 0 Å². The van der Waals surface area contributed by atoms with Crippen LogP contribution in [0.15, 0.2) is 61.7 Å². The molecule has 4 aromatic rings. The van der Waals surface area contributed by atoms with Gasteiger partial charge < -0.3 is 14.2 Å². The highest BCUT2D eigenvalue weighted by Gasteiger charge is 2.21. The van der Waals surface area contributed by atoms with Crippen LogP contribution >= 0.6 is 11.3 Å². The Morgan fingerprint density at radius 3 is 2.96 bits per heavy atom. The molecule has 26 heavy (non-hydrogen) atoms. The van der Waals surface area contributed by atoms with E-state index in [1.807, 2.05) is 17.5 Å². The second-order valence-corrected chi connectivity index (χ2v) is 6.67. The molecule has 132 valence electrons. The van der Waals surface area contributed by atoms with Gasteiger partial charge in [-0.1, -0.05) is 18.2 Å². The first-order valence-electron chi connectivity index (χ1n) is 7.99. The lowest BCUT2D eigenvalue weighted by molar-refractivity contribution is -0.124. The summed E-state index contributed by atoms with van der Waals surface area (Å²) in [6.07, 6.45) is 1.51. The number of carbonyl (C=O) groups excluding carboxylic acids is 1. The second-order valence-electron chi connectivity index (χ2n) is 5.72. The Morgan fingerprint density at radius 1 is 1.31 bits per heavy atom. The Hall–Kier alpha value is -3.13. The molecule has 0 saturated heterocycles. The topological polar surface area (TPSA) is 90.3 Å². The molecule has 0 spiro atoms. The van der Waals surface area contributed by atoms with Gasteiger partial charge in [0.15, 0.2) is 5.58 Å². The first-order valence-corrected chi connectivity index (χ1v) is 8.87. The third-order valence-corrected chi connectivity index (χ3v) is 4.87. The number of fused-ring (bicyclic) bond motifs is 1. The number of thiophene rings is 1. The standard InChI is InChI=1S/C18H15N3O4S/c1-11(21-13-5-2-3-6-14(13)25-18(21)23)16(22)19-9-12-10-24-17(20-12)15-7-4-8-26-15/h2-8,10-11H,9H2,1H3,(H,19,22).